The summed E-state index contributed by atoms with van der Waals surface area (Å²) in [6, 6.07) is 4.84. The van der Waals surface area contributed by atoms with Crippen LogP contribution in [0.1, 0.15) is 24.4 Å². The molecule has 1 aromatic rings. The molecule has 1 aliphatic heterocycles. The number of benzene rings is 1. The molecular weight excluding hydrogens is 226 g/mol. The minimum absolute atomic E-state index is 0.164. The van der Waals surface area contributed by atoms with Crippen molar-refractivity contribution in [3.8, 4) is 5.75 Å². The fraction of sp³-hybridized carbons (Fsp3) is 0.500. The molecule has 0 radical (unpaired) electrons. The van der Waals surface area contributed by atoms with E-state index in [1.54, 1.807) is 18.2 Å². The van der Waals surface area contributed by atoms with Gasteiger partial charge in [-0.05, 0) is 37.0 Å². The second kappa shape index (κ2) is 5.04. The Labute approximate surface area is 100 Å². The molecule has 0 spiro atoms. The maximum Gasteiger partial charge on any atom is 0.120 e. The minimum Gasteiger partial charge on any atom is -0.508 e. The molecular formula is C12H16ClNO2. The van der Waals surface area contributed by atoms with E-state index in [-0.39, 0.29) is 11.8 Å². The van der Waals surface area contributed by atoms with Crippen LogP contribution in [-0.4, -0.2) is 18.3 Å². The summed E-state index contributed by atoms with van der Waals surface area (Å²) in [4.78, 5) is 0. The first kappa shape index (κ1) is 11.7. The van der Waals surface area contributed by atoms with Crippen LogP contribution in [0.15, 0.2) is 18.2 Å². The van der Waals surface area contributed by atoms with Crippen molar-refractivity contribution in [2.45, 2.75) is 18.9 Å². The Morgan fingerprint density at radius 3 is 2.75 bits per heavy atom. The number of halogens is 1. The molecule has 0 aliphatic carbocycles. The average molecular weight is 242 g/mol. The van der Waals surface area contributed by atoms with E-state index in [0.29, 0.717) is 10.9 Å². The maximum absolute atomic E-state index is 9.77. The van der Waals surface area contributed by atoms with Crippen LogP contribution in [0.5, 0.6) is 5.75 Å². The molecule has 0 amide bonds. The lowest BCUT2D eigenvalue weighted by molar-refractivity contribution is 0.0581. The molecule has 0 unspecified atom stereocenters. The third kappa shape index (κ3) is 2.48. The molecule has 0 saturated carbocycles. The highest BCUT2D eigenvalue weighted by Crippen LogP contribution is 2.34. The zero-order chi connectivity index (χ0) is 11.5. The number of phenolic OH excluding ortho intramolecular Hbond substituents is 1. The van der Waals surface area contributed by atoms with Crippen molar-refractivity contribution in [3.63, 3.8) is 0 Å². The van der Waals surface area contributed by atoms with E-state index in [4.69, 9.17) is 22.1 Å². The number of aromatic hydroxyl groups is 1. The van der Waals surface area contributed by atoms with Crippen LogP contribution >= 0.6 is 11.6 Å². The van der Waals surface area contributed by atoms with Crippen LogP contribution in [0, 0.1) is 5.92 Å². The van der Waals surface area contributed by atoms with Gasteiger partial charge in [0.15, 0.2) is 0 Å². The van der Waals surface area contributed by atoms with Crippen molar-refractivity contribution >= 4 is 11.6 Å². The Morgan fingerprint density at radius 2 is 2.06 bits per heavy atom. The number of hydrogen-bond acceptors (Lipinski definition) is 3. The van der Waals surface area contributed by atoms with Gasteiger partial charge in [0, 0.05) is 29.8 Å². The first-order valence-electron chi connectivity index (χ1n) is 5.50. The summed E-state index contributed by atoms with van der Waals surface area (Å²) in [6.07, 6.45) is 1.88. The van der Waals surface area contributed by atoms with Gasteiger partial charge in [-0.15, -0.1) is 0 Å². The van der Waals surface area contributed by atoms with Crippen LogP contribution in [0.25, 0.3) is 0 Å². The van der Waals surface area contributed by atoms with Gasteiger partial charge in [0.1, 0.15) is 5.75 Å². The highest BCUT2D eigenvalue weighted by atomic mass is 35.5. The fourth-order valence-electron chi connectivity index (χ4n) is 2.12. The first-order chi connectivity index (χ1) is 7.68. The van der Waals surface area contributed by atoms with E-state index in [1.165, 1.54) is 0 Å². The van der Waals surface area contributed by atoms with E-state index in [0.717, 1.165) is 31.6 Å². The van der Waals surface area contributed by atoms with Gasteiger partial charge in [0.2, 0.25) is 0 Å². The molecule has 1 heterocycles. The molecule has 1 aromatic carbocycles. The van der Waals surface area contributed by atoms with E-state index >= 15 is 0 Å². The summed E-state index contributed by atoms with van der Waals surface area (Å²) in [5, 5.41) is 10.4. The number of hydrogen-bond donors (Lipinski definition) is 2. The summed E-state index contributed by atoms with van der Waals surface area (Å²) >= 11 is 5.91. The third-order valence-electron chi connectivity index (χ3n) is 3.12. The largest absolute Gasteiger partial charge is 0.508 e. The van der Waals surface area contributed by atoms with Crippen LogP contribution in [0.3, 0.4) is 0 Å². The van der Waals surface area contributed by atoms with E-state index in [9.17, 15) is 5.11 Å². The SMILES string of the molecule is N[C@H](c1cc(Cl)ccc1O)C1CCOCC1. The molecule has 16 heavy (non-hydrogen) atoms. The van der Waals surface area contributed by atoms with Crippen LogP contribution in [-0.2, 0) is 4.74 Å². The number of ether oxygens (including phenoxy) is 1. The van der Waals surface area contributed by atoms with Gasteiger partial charge in [-0.25, -0.2) is 0 Å². The Bertz CT molecular complexity index is 364. The molecule has 0 aromatic heterocycles. The molecule has 3 nitrogen and oxygen atoms in total. The highest BCUT2D eigenvalue weighted by Gasteiger charge is 2.24. The van der Waals surface area contributed by atoms with Gasteiger partial charge >= 0.3 is 0 Å². The maximum atomic E-state index is 9.77. The zero-order valence-electron chi connectivity index (χ0n) is 9.03. The molecule has 1 saturated heterocycles. The van der Waals surface area contributed by atoms with Gasteiger partial charge in [0.25, 0.3) is 0 Å². The second-order valence-corrected chi connectivity index (χ2v) is 4.62. The molecule has 88 valence electrons. The molecule has 1 aliphatic rings. The topological polar surface area (TPSA) is 55.5 Å². The highest BCUT2D eigenvalue weighted by molar-refractivity contribution is 6.30. The Hall–Kier alpha value is -0.770. The average Bonchev–Trinajstić information content (AvgIpc) is 2.32. The fourth-order valence-corrected chi connectivity index (χ4v) is 2.30. The molecule has 0 bridgehead atoms. The monoisotopic (exact) mass is 241 g/mol. The van der Waals surface area contributed by atoms with Crippen molar-refractivity contribution in [3.05, 3.63) is 28.8 Å². The van der Waals surface area contributed by atoms with Crippen molar-refractivity contribution in [1.82, 2.24) is 0 Å². The summed E-state index contributed by atoms with van der Waals surface area (Å²) in [5.41, 5.74) is 6.90. The van der Waals surface area contributed by atoms with Crippen molar-refractivity contribution in [2.75, 3.05) is 13.2 Å². The standard InChI is InChI=1S/C12H16ClNO2/c13-9-1-2-11(15)10(7-9)12(14)8-3-5-16-6-4-8/h1-2,7-8,12,15H,3-6,14H2/t12-/m0/s1. The molecule has 4 heteroatoms. The molecule has 3 N–H and O–H groups in total. The quantitative estimate of drug-likeness (QED) is 0.836. The summed E-state index contributed by atoms with van der Waals surface area (Å²) in [7, 11) is 0. The number of phenols is 1. The first-order valence-corrected chi connectivity index (χ1v) is 5.88. The number of nitrogens with two attached hydrogens (primary N) is 1. The van der Waals surface area contributed by atoms with Crippen LogP contribution in [0.2, 0.25) is 5.02 Å². The van der Waals surface area contributed by atoms with Gasteiger partial charge < -0.3 is 15.6 Å². The lowest BCUT2D eigenvalue weighted by Crippen LogP contribution is -2.27. The van der Waals surface area contributed by atoms with E-state index < -0.39 is 0 Å². The normalized spacial score (nSPS) is 19.6. The minimum atomic E-state index is -0.164. The lowest BCUT2D eigenvalue weighted by atomic mass is 9.87. The smallest absolute Gasteiger partial charge is 0.120 e. The predicted molar refractivity (Wildman–Crippen MR) is 63.6 cm³/mol. The van der Waals surface area contributed by atoms with Crippen molar-refractivity contribution < 1.29 is 9.84 Å². The Balaban J connectivity index is 2.18. The summed E-state index contributed by atoms with van der Waals surface area (Å²) < 4.78 is 5.30. The molecule has 2 rings (SSSR count). The Kier molecular flexibility index (Phi) is 3.69. The van der Waals surface area contributed by atoms with Gasteiger partial charge in [0.05, 0.1) is 0 Å². The zero-order valence-corrected chi connectivity index (χ0v) is 9.78. The summed E-state index contributed by atoms with van der Waals surface area (Å²) in [6.45, 7) is 1.50. The summed E-state index contributed by atoms with van der Waals surface area (Å²) in [5.74, 6) is 0.585. The predicted octanol–water partition coefficient (Wildman–Crippen LogP) is 2.47. The van der Waals surface area contributed by atoms with E-state index in [1.807, 2.05) is 0 Å². The lowest BCUT2D eigenvalue weighted by Gasteiger charge is -2.28. The Morgan fingerprint density at radius 1 is 1.38 bits per heavy atom. The van der Waals surface area contributed by atoms with E-state index in [2.05, 4.69) is 0 Å². The van der Waals surface area contributed by atoms with Crippen LogP contribution in [0.4, 0.5) is 0 Å². The molecule has 1 fully saturated rings. The van der Waals surface area contributed by atoms with Gasteiger partial charge in [-0.2, -0.15) is 0 Å². The van der Waals surface area contributed by atoms with Crippen molar-refractivity contribution in [2.24, 2.45) is 11.7 Å². The second-order valence-electron chi connectivity index (χ2n) is 4.18. The number of rotatable bonds is 2. The van der Waals surface area contributed by atoms with Gasteiger partial charge in [-0.1, -0.05) is 11.6 Å². The molecule has 1 atom stereocenters. The third-order valence-corrected chi connectivity index (χ3v) is 3.36. The van der Waals surface area contributed by atoms with Crippen LogP contribution < -0.4 is 5.73 Å². The van der Waals surface area contributed by atoms with Crippen molar-refractivity contribution in [1.29, 1.82) is 0 Å². The van der Waals surface area contributed by atoms with Gasteiger partial charge in [-0.3, -0.25) is 0 Å².